The molecule has 0 bridgehead atoms. The number of hydrogen-bond acceptors (Lipinski definition) is 5. The fourth-order valence-corrected chi connectivity index (χ4v) is 3.25. The highest BCUT2D eigenvalue weighted by molar-refractivity contribution is 5.99. The number of aliphatic hydroxyl groups is 2. The summed E-state index contributed by atoms with van der Waals surface area (Å²) < 4.78 is 0. The third-order valence-electron chi connectivity index (χ3n) is 4.41. The van der Waals surface area contributed by atoms with Crippen LogP contribution in [0.25, 0.3) is 0 Å². The minimum absolute atomic E-state index is 0.0296. The van der Waals surface area contributed by atoms with Crippen LogP contribution in [0.5, 0.6) is 0 Å². The van der Waals surface area contributed by atoms with Gasteiger partial charge in [0, 0.05) is 37.7 Å². The maximum Gasteiger partial charge on any atom is 0.250 e. The van der Waals surface area contributed by atoms with E-state index in [1.54, 1.807) is 6.92 Å². The van der Waals surface area contributed by atoms with Crippen LogP contribution >= 0.6 is 0 Å². The van der Waals surface area contributed by atoms with Gasteiger partial charge in [-0.05, 0) is 6.92 Å². The van der Waals surface area contributed by atoms with Gasteiger partial charge in [-0.15, -0.1) is 0 Å². The SMILES string of the molecule is CC1=CN2C(=O)C3CC(O)CN3C(=O)C2CC(O)CNC1=O. The summed E-state index contributed by atoms with van der Waals surface area (Å²) in [6, 6.07) is -1.53. The Balaban J connectivity index is 1.99. The van der Waals surface area contributed by atoms with Crippen molar-refractivity contribution in [3.8, 4) is 0 Å². The number of piperazine rings is 1. The quantitative estimate of drug-likeness (QED) is 0.477. The second kappa shape index (κ2) is 5.36. The molecule has 2 saturated heterocycles. The minimum Gasteiger partial charge on any atom is -0.391 e. The number of hydrogen-bond donors (Lipinski definition) is 3. The van der Waals surface area contributed by atoms with Crippen LogP contribution in [0.4, 0.5) is 0 Å². The maximum absolute atomic E-state index is 12.6. The summed E-state index contributed by atoms with van der Waals surface area (Å²) in [5.41, 5.74) is 0.298. The van der Waals surface area contributed by atoms with Gasteiger partial charge in [-0.2, -0.15) is 0 Å². The maximum atomic E-state index is 12.6. The van der Waals surface area contributed by atoms with Gasteiger partial charge in [-0.25, -0.2) is 0 Å². The standard InChI is InChI=1S/C14H19N3O5/c1-7-5-16-10(2-8(18)4-15-12(7)20)14(22)17-6-9(19)3-11(17)13(16)21/h5,8-11,18-19H,2-4,6H2,1H3,(H,15,20). The molecule has 3 aliphatic rings. The third kappa shape index (κ3) is 2.38. The van der Waals surface area contributed by atoms with Gasteiger partial charge < -0.3 is 25.3 Å². The van der Waals surface area contributed by atoms with Gasteiger partial charge in [-0.1, -0.05) is 0 Å². The molecule has 0 spiro atoms. The molecule has 0 aromatic heterocycles. The lowest BCUT2D eigenvalue weighted by Gasteiger charge is -2.41. The summed E-state index contributed by atoms with van der Waals surface area (Å²) in [7, 11) is 0. The molecule has 0 aliphatic carbocycles. The highest BCUT2D eigenvalue weighted by Gasteiger charge is 2.50. The molecule has 3 rings (SSSR count). The van der Waals surface area contributed by atoms with E-state index in [9.17, 15) is 24.6 Å². The lowest BCUT2D eigenvalue weighted by molar-refractivity contribution is -0.157. The number of nitrogens with one attached hydrogen (secondary N) is 1. The van der Waals surface area contributed by atoms with E-state index in [2.05, 4.69) is 5.32 Å². The molecule has 4 atom stereocenters. The molecule has 3 aliphatic heterocycles. The topological polar surface area (TPSA) is 110 Å². The van der Waals surface area contributed by atoms with Crippen LogP contribution in [0, 0.1) is 0 Å². The average Bonchev–Trinajstić information content (AvgIpc) is 2.88. The number of carbonyl (C=O) groups excluding carboxylic acids is 3. The van der Waals surface area contributed by atoms with Gasteiger partial charge in [0.25, 0.3) is 0 Å². The second-order valence-electron chi connectivity index (χ2n) is 6.07. The molecule has 3 amide bonds. The summed E-state index contributed by atoms with van der Waals surface area (Å²) in [6.45, 7) is 1.72. The first-order valence-corrected chi connectivity index (χ1v) is 7.34. The summed E-state index contributed by atoms with van der Waals surface area (Å²) in [4.78, 5) is 39.7. The number of β-amino-alcohol motifs (C(OH)–C–C–N with tert-alkyl or cyclic N) is 1. The molecule has 22 heavy (non-hydrogen) atoms. The monoisotopic (exact) mass is 309 g/mol. The number of amides is 3. The van der Waals surface area contributed by atoms with E-state index in [4.69, 9.17) is 0 Å². The lowest BCUT2D eigenvalue weighted by Crippen LogP contribution is -2.61. The van der Waals surface area contributed by atoms with Crippen LogP contribution in [0.3, 0.4) is 0 Å². The van der Waals surface area contributed by atoms with Crippen LogP contribution < -0.4 is 5.32 Å². The summed E-state index contributed by atoms with van der Waals surface area (Å²) in [6.07, 6.45) is -0.00904. The Morgan fingerprint density at radius 1 is 1.09 bits per heavy atom. The van der Waals surface area contributed by atoms with E-state index in [0.29, 0.717) is 5.57 Å². The number of rotatable bonds is 0. The Hall–Kier alpha value is -1.93. The van der Waals surface area contributed by atoms with E-state index in [1.807, 2.05) is 0 Å². The molecular formula is C14H19N3O5. The Labute approximate surface area is 127 Å². The first-order chi connectivity index (χ1) is 10.4. The van der Waals surface area contributed by atoms with Crippen molar-refractivity contribution in [1.29, 1.82) is 0 Å². The largest absolute Gasteiger partial charge is 0.391 e. The van der Waals surface area contributed by atoms with E-state index >= 15 is 0 Å². The molecule has 120 valence electrons. The van der Waals surface area contributed by atoms with Gasteiger partial charge in [0.15, 0.2) is 0 Å². The molecule has 0 saturated carbocycles. The Kier molecular flexibility index (Phi) is 3.65. The number of carbonyl (C=O) groups is 3. The molecule has 2 fully saturated rings. The predicted molar refractivity (Wildman–Crippen MR) is 74.1 cm³/mol. The second-order valence-corrected chi connectivity index (χ2v) is 6.07. The van der Waals surface area contributed by atoms with E-state index in [1.165, 1.54) is 16.0 Å². The van der Waals surface area contributed by atoms with Crippen molar-refractivity contribution in [3.05, 3.63) is 11.8 Å². The Morgan fingerprint density at radius 2 is 1.77 bits per heavy atom. The fraction of sp³-hybridized carbons (Fsp3) is 0.643. The van der Waals surface area contributed by atoms with Gasteiger partial charge >= 0.3 is 0 Å². The summed E-state index contributed by atoms with van der Waals surface area (Å²) in [5.74, 6) is -0.991. The smallest absolute Gasteiger partial charge is 0.250 e. The van der Waals surface area contributed by atoms with Crippen LogP contribution in [0.1, 0.15) is 19.8 Å². The molecule has 3 heterocycles. The summed E-state index contributed by atoms with van der Waals surface area (Å²) in [5, 5.41) is 22.3. The van der Waals surface area contributed by atoms with Crippen LogP contribution in [0.15, 0.2) is 11.8 Å². The summed E-state index contributed by atoms with van der Waals surface area (Å²) >= 11 is 0. The molecule has 8 heteroatoms. The molecule has 0 radical (unpaired) electrons. The van der Waals surface area contributed by atoms with Crippen molar-refractivity contribution in [2.45, 2.75) is 44.1 Å². The number of aliphatic hydroxyl groups excluding tert-OH is 2. The van der Waals surface area contributed by atoms with Crippen molar-refractivity contribution in [3.63, 3.8) is 0 Å². The van der Waals surface area contributed by atoms with Crippen LogP contribution in [0.2, 0.25) is 0 Å². The fourth-order valence-electron chi connectivity index (χ4n) is 3.25. The van der Waals surface area contributed by atoms with Crippen LogP contribution in [-0.4, -0.2) is 75.1 Å². The predicted octanol–water partition coefficient (Wildman–Crippen LogP) is -2.06. The first kappa shape index (κ1) is 15.0. The molecular weight excluding hydrogens is 290 g/mol. The third-order valence-corrected chi connectivity index (χ3v) is 4.41. The van der Waals surface area contributed by atoms with Crippen molar-refractivity contribution in [2.75, 3.05) is 13.1 Å². The zero-order valence-corrected chi connectivity index (χ0v) is 12.2. The lowest BCUT2D eigenvalue weighted by atomic mass is 10.0. The minimum atomic E-state index is -0.920. The van der Waals surface area contributed by atoms with Gasteiger partial charge in [0.2, 0.25) is 17.7 Å². The van der Waals surface area contributed by atoms with E-state index < -0.39 is 24.3 Å². The zero-order valence-electron chi connectivity index (χ0n) is 12.2. The molecule has 0 aromatic rings. The van der Waals surface area contributed by atoms with E-state index in [-0.39, 0.29) is 43.7 Å². The van der Waals surface area contributed by atoms with Crippen molar-refractivity contribution < 1.29 is 24.6 Å². The van der Waals surface area contributed by atoms with Crippen molar-refractivity contribution >= 4 is 17.7 Å². The van der Waals surface area contributed by atoms with Crippen molar-refractivity contribution in [2.24, 2.45) is 0 Å². The zero-order chi connectivity index (χ0) is 16.0. The Morgan fingerprint density at radius 3 is 2.50 bits per heavy atom. The normalized spacial score (nSPS) is 36.0. The number of nitrogens with zero attached hydrogens (tertiary/aromatic N) is 2. The first-order valence-electron chi connectivity index (χ1n) is 7.34. The molecule has 8 nitrogen and oxygen atoms in total. The van der Waals surface area contributed by atoms with Gasteiger partial charge in [0.1, 0.15) is 12.1 Å². The van der Waals surface area contributed by atoms with Gasteiger partial charge in [0.05, 0.1) is 12.2 Å². The average molecular weight is 309 g/mol. The Bertz CT molecular complexity index is 561. The van der Waals surface area contributed by atoms with Gasteiger partial charge in [-0.3, -0.25) is 14.4 Å². The van der Waals surface area contributed by atoms with E-state index in [0.717, 1.165) is 0 Å². The molecule has 4 unspecified atom stereocenters. The number of fused-ring (bicyclic) bond motifs is 2. The highest BCUT2D eigenvalue weighted by Crippen LogP contribution is 2.30. The molecule has 0 aromatic carbocycles. The molecule has 3 N–H and O–H groups in total. The van der Waals surface area contributed by atoms with Crippen LogP contribution in [-0.2, 0) is 14.4 Å². The van der Waals surface area contributed by atoms with Crippen molar-refractivity contribution in [1.82, 2.24) is 15.1 Å². The highest BCUT2D eigenvalue weighted by atomic mass is 16.3.